The van der Waals surface area contributed by atoms with Crippen LogP contribution in [0.3, 0.4) is 0 Å². The zero-order chi connectivity index (χ0) is 16.8. The molecular formula is C22H27Cl2NTi. The van der Waals surface area contributed by atoms with Crippen molar-refractivity contribution in [3.63, 3.8) is 0 Å². The standard InChI is InChI=1S/C16H19.C6H6N.2ClH.Ti/c1-11(2)14-7-5-6-8-16(14)15-10-9-12(3)13(15)4;7-6-4-2-1-3-5-6;;;/h5-9H,10H2,1-4H3;1-5,7H;2*1H;/q2*-1;;;+2. The van der Waals surface area contributed by atoms with Crippen molar-refractivity contribution in [2.24, 2.45) is 0 Å². The molecule has 1 aliphatic rings. The number of benzene rings is 2. The molecule has 1 aliphatic carbocycles. The van der Waals surface area contributed by atoms with Gasteiger partial charge in [0, 0.05) is 0 Å². The van der Waals surface area contributed by atoms with Crippen LogP contribution in [0.4, 0.5) is 5.69 Å². The van der Waals surface area contributed by atoms with E-state index >= 15 is 0 Å². The minimum atomic E-state index is 0. The zero-order valence-electron chi connectivity index (χ0n) is 15.8. The third kappa shape index (κ3) is 7.25. The van der Waals surface area contributed by atoms with Crippen LogP contribution in [0.5, 0.6) is 0 Å². The first-order valence-electron chi connectivity index (χ1n) is 8.04. The van der Waals surface area contributed by atoms with E-state index < -0.39 is 0 Å². The van der Waals surface area contributed by atoms with E-state index in [-0.39, 0.29) is 46.5 Å². The average Bonchev–Trinajstić information content (AvgIpc) is 2.88. The van der Waals surface area contributed by atoms with Crippen molar-refractivity contribution in [2.75, 3.05) is 0 Å². The molecular weight excluding hydrogens is 397 g/mol. The number of hydrogen-bond acceptors (Lipinski definition) is 0. The maximum absolute atomic E-state index is 7.00. The van der Waals surface area contributed by atoms with Gasteiger partial charge in [-0.1, -0.05) is 73.0 Å². The molecule has 26 heavy (non-hydrogen) atoms. The van der Waals surface area contributed by atoms with E-state index in [0.717, 1.165) is 6.42 Å². The molecule has 1 nitrogen and oxygen atoms in total. The second-order valence-corrected chi connectivity index (χ2v) is 6.11. The van der Waals surface area contributed by atoms with Gasteiger partial charge in [-0.2, -0.15) is 17.5 Å². The summed E-state index contributed by atoms with van der Waals surface area (Å²) in [5, 5.41) is 0. The third-order valence-corrected chi connectivity index (χ3v) is 4.22. The molecule has 0 bridgehead atoms. The molecule has 4 heteroatoms. The molecule has 0 unspecified atom stereocenters. The second-order valence-electron chi connectivity index (χ2n) is 6.11. The summed E-state index contributed by atoms with van der Waals surface area (Å²) in [4.78, 5) is 0. The molecule has 0 heterocycles. The Labute approximate surface area is 185 Å². The first kappa shape index (κ1) is 27.1. The van der Waals surface area contributed by atoms with Gasteiger partial charge in [-0.05, 0) is 20.3 Å². The number of allylic oxidation sites excluding steroid dienone is 4. The van der Waals surface area contributed by atoms with E-state index in [2.05, 4.69) is 58.0 Å². The van der Waals surface area contributed by atoms with Crippen molar-refractivity contribution in [1.82, 2.24) is 0 Å². The summed E-state index contributed by atoms with van der Waals surface area (Å²) in [5.41, 5.74) is 14.7. The number of hydrogen-bond donors (Lipinski definition) is 0. The van der Waals surface area contributed by atoms with Crippen LogP contribution < -0.4 is 0 Å². The molecule has 0 aromatic heterocycles. The Kier molecular flexibility index (Phi) is 13.7. The molecule has 2 aromatic rings. The van der Waals surface area contributed by atoms with Gasteiger partial charge in [0.1, 0.15) is 0 Å². The van der Waals surface area contributed by atoms with Gasteiger partial charge in [0.25, 0.3) is 0 Å². The molecule has 0 spiro atoms. The van der Waals surface area contributed by atoms with Crippen molar-refractivity contribution < 1.29 is 21.7 Å². The van der Waals surface area contributed by atoms with E-state index in [0.29, 0.717) is 5.69 Å². The van der Waals surface area contributed by atoms with Gasteiger partial charge in [0.15, 0.2) is 0 Å². The SMILES string of the molecule is CC1=CCC(c2ccccc2[C-](C)C)=C1C.Cl.Cl.[NH-]c1ccccc1.[Ti+2]. The predicted molar refractivity (Wildman–Crippen MR) is 116 cm³/mol. The minimum absolute atomic E-state index is 0. The van der Waals surface area contributed by atoms with Gasteiger partial charge in [0.2, 0.25) is 0 Å². The van der Waals surface area contributed by atoms with Gasteiger partial charge in [-0.25, -0.2) is 0 Å². The monoisotopic (exact) mass is 423 g/mol. The molecule has 138 valence electrons. The van der Waals surface area contributed by atoms with Crippen molar-refractivity contribution in [1.29, 1.82) is 0 Å². The molecule has 0 fully saturated rings. The fourth-order valence-electron chi connectivity index (χ4n) is 2.73. The van der Waals surface area contributed by atoms with E-state index in [1.807, 2.05) is 18.2 Å². The number of halogens is 2. The third-order valence-electron chi connectivity index (χ3n) is 4.22. The summed E-state index contributed by atoms with van der Waals surface area (Å²) in [7, 11) is 0. The Bertz CT molecular complexity index is 722. The molecule has 0 atom stereocenters. The van der Waals surface area contributed by atoms with Gasteiger partial charge in [-0.15, -0.1) is 48.2 Å². The van der Waals surface area contributed by atoms with Crippen LogP contribution in [0.25, 0.3) is 11.3 Å². The maximum Gasteiger partial charge on any atom is 2.00 e. The predicted octanol–water partition coefficient (Wildman–Crippen LogP) is 7.98. The molecule has 0 saturated carbocycles. The summed E-state index contributed by atoms with van der Waals surface area (Å²) in [6, 6.07) is 17.8. The maximum atomic E-state index is 7.00. The van der Waals surface area contributed by atoms with Crippen molar-refractivity contribution in [2.45, 2.75) is 34.1 Å². The fourth-order valence-corrected chi connectivity index (χ4v) is 2.73. The summed E-state index contributed by atoms with van der Waals surface area (Å²) in [6.07, 6.45) is 3.41. The zero-order valence-corrected chi connectivity index (χ0v) is 19.0. The molecule has 0 amide bonds. The van der Waals surface area contributed by atoms with Crippen molar-refractivity contribution in [3.8, 4) is 0 Å². The average molecular weight is 424 g/mol. The van der Waals surface area contributed by atoms with Crippen molar-refractivity contribution >= 4 is 36.1 Å². The summed E-state index contributed by atoms with van der Waals surface area (Å²) in [5.74, 6) is 1.39. The van der Waals surface area contributed by atoms with E-state index in [1.165, 1.54) is 33.8 Å². The Balaban J connectivity index is 0. The number of nitrogens with one attached hydrogen (secondary N) is 1. The van der Waals surface area contributed by atoms with Crippen LogP contribution in [-0.2, 0) is 21.7 Å². The largest absolute Gasteiger partial charge is 2.00 e. The van der Waals surface area contributed by atoms with Crippen LogP contribution in [0.1, 0.15) is 45.2 Å². The van der Waals surface area contributed by atoms with Gasteiger partial charge in [-0.3, -0.25) is 0 Å². The fraction of sp³-hybridized carbons (Fsp3) is 0.227. The number of rotatable bonds is 2. The van der Waals surface area contributed by atoms with Crippen LogP contribution in [0, 0.1) is 5.92 Å². The quantitative estimate of drug-likeness (QED) is 0.345. The normalized spacial score (nSPS) is 11.8. The van der Waals surface area contributed by atoms with Gasteiger partial charge in [0.05, 0.1) is 0 Å². The molecule has 3 rings (SSSR count). The van der Waals surface area contributed by atoms with Gasteiger partial charge < -0.3 is 5.73 Å². The molecule has 0 saturated heterocycles. The van der Waals surface area contributed by atoms with Crippen LogP contribution in [0.15, 0.2) is 71.8 Å². The van der Waals surface area contributed by atoms with Crippen LogP contribution >= 0.6 is 24.8 Å². The van der Waals surface area contributed by atoms with E-state index in [1.54, 1.807) is 12.1 Å². The van der Waals surface area contributed by atoms with E-state index in [4.69, 9.17) is 5.73 Å². The first-order chi connectivity index (χ1) is 11.0. The van der Waals surface area contributed by atoms with Crippen molar-refractivity contribution in [3.05, 3.63) is 94.6 Å². The Morgan fingerprint density at radius 1 is 0.846 bits per heavy atom. The van der Waals surface area contributed by atoms with E-state index in [9.17, 15) is 0 Å². The molecule has 0 radical (unpaired) electrons. The molecule has 2 aromatic carbocycles. The Morgan fingerprint density at radius 2 is 1.38 bits per heavy atom. The first-order valence-corrected chi connectivity index (χ1v) is 8.04. The topological polar surface area (TPSA) is 23.8 Å². The summed E-state index contributed by atoms with van der Waals surface area (Å²) in [6.45, 7) is 8.80. The summed E-state index contributed by atoms with van der Waals surface area (Å²) >= 11 is 0. The Morgan fingerprint density at radius 3 is 1.81 bits per heavy atom. The smallest absolute Gasteiger partial charge is 0.699 e. The van der Waals surface area contributed by atoms with Crippen LogP contribution in [0.2, 0.25) is 0 Å². The van der Waals surface area contributed by atoms with Crippen LogP contribution in [-0.4, -0.2) is 0 Å². The second kappa shape index (κ2) is 13.1. The molecule has 0 aliphatic heterocycles. The minimum Gasteiger partial charge on any atom is -0.699 e. The van der Waals surface area contributed by atoms with Gasteiger partial charge >= 0.3 is 21.7 Å². The Hall–Kier alpha value is -1.12. The molecule has 1 N–H and O–H groups in total. The summed E-state index contributed by atoms with van der Waals surface area (Å²) < 4.78 is 0.